The predicted molar refractivity (Wildman–Crippen MR) is 92.9 cm³/mol. The molecule has 3 rings (SSSR count). The SMILES string of the molecule is O=C(c1ccccc1Br)N1CCC(Oc2ncccc2Cl)CC1. The minimum Gasteiger partial charge on any atom is -0.473 e. The van der Waals surface area contributed by atoms with E-state index in [0.717, 1.165) is 17.3 Å². The van der Waals surface area contributed by atoms with Crippen molar-refractivity contribution in [1.82, 2.24) is 9.88 Å². The van der Waals surface area contributed by atoms with E-state index in [1.54, 1.807) is 18.3 Å². The fraction of sp³-hybridized carbons (Fsp3) is 0.294. The zero-order valence-electron chi connectivity index (χ0n) is 12.4. The van der Waals surface area contributed by atoms with Crippen LogP contribution in [-0.4, -0.2) is 35.0 Å². The van der Waals surface area contributed by atoms with Crippen molar-refractivity contribution in [3.8, 4) is 5.88 Å². The van der Waals surface area contributed by atoms with Crippen LogP contribution < -0.4 is 4.74 Å². The van der Waals surface area contributed by atoms with Crippen LogP contribution in [0.15, 0.2) is 47.1 Å². The number of hydrogen-bond acceptors (Lipinski definition) is 3. The number of piperidine rings is 1. The van der Waals surface area contributed by atoms with Gasteiger partial charge in [0.15, 0.2) is 0 Å². The van der Waals surface area contributed by atoms with Gasteiger partial charge in [-0.25, -0.2) is 4.98 Å². The third kappa shape index (κ3) is 3.85. The van der Waals surface area contributed by atoms with Crippen LogP contribution in [0.3, 0.4) is 0 Å². The van der Waals surface area contributed by atoms with E-state index >= 15 is 0 Å². The molecular formula is C17H16BrClN2O2. The number of amides is 1. The van der Waals surface area contributed by atoms with Crippen molar-refractivity contribution in [1.29, 1.82) is 0 Å². The van der Waals surface area contributed by atoms with Gasteiger partial charge in [0.1, 0.15) is 11.1 Å². The van der Waals surface area contributed by atoms with Gasteiger partial charge in [-0.05, 0) is 40.2 Å². The van der Waals surface area contributed by atoms with Gasteiger partial charge in [0.2, 0.25) is 5.88 Å². The van der Waals surface area contributed by atoms with Crippen LogP contribution in [0.2, 0.25) is 5.02 Å². The molecular weight excluding hydrogens is 380 g/mol. The molecule has 4 nitrogen and oxygen atoms in total. The number of benzene rings is 1. The fourth-order valence-corrected chi connectivity index (χ4v) is 3.22. The highest BCUT2D eigenvalue weighted by Crippen LogP contribution is 2.25. The molecule has 0 spiro atoms. The summed E-state index contributed by atoms with van der Waals surface area (Å²) in [6, 6.07) is 11.0. The van der Waals surface area contributed by atoms with Gasteiger partial charge in [-0.1, -0.05) is 23.7 Å². The summed E-state index contributed by atoms with van der Waals surface area (Å²) in [4.78, 5) is 18.6. The first kappa shape index (κ1) is 16.3. The second-order valence-corrected chi connectivity index (χ2v) is 6.64. The molecule has 23 heavy (non-hydrogen) atoms. The number of aromatic nitrogens is 1. The molecule has 1 aromatic heterocycles. The highest BCUT2D eigenvalue weighted by Gasteiger charge is 2.26. The van der Waals surface area contributed by atoms with Crippen LogP contribution in [0, 0.1) is 0 Å². The number of carbonyl (C=O) groups excluding carboxylic acids is 1. The number of likely N-dealkylation sites (tertiary alicyclic amines) is 1. The highest BCUT2D eigenvalue weighted by atomic mass is 79.9. The number of ether oxygens (including phenoxy) is 1. The number of halogens is 2. The van der Waals surface area contributed by atoms with Crippen LogP contribution in [-0.2, 0) is 0 Å². The molecule has 1 aliphatic heterocycles. The van der Waals surface area contributed by atoms with Crippen LogP contribution >= 0.6 is 27.5 Å². The van der Waals surface area contributed by atoms with Crippen LogP contribution in [0.25, 0.3) is 0 Å². The largest absolute Gasteiger partial charge is 0.473 e. The van der Waals surface area contributed by atoms with E-state index in [1.807, 2.05) is 29.2 Å². The molecule has 6 heteroatoms. The molecule has 0 unspecified atom stereocenters. The summed E-state index contributed by atoms with van der Waals surface area (Å²) in [5, 5.41) is 0.513. The zero-order chi connectivity index (χ0) is 16.2. The maximum atomic E-state index is 12.6. The number of rotatable bonds is 3. The van der Waals surface area contributed by atoms with E-state index in [2.05, 4.69) is 20.9 Å². The summed E-state index contributed by atoms with van der Waals surface area (Å²) in [5.41, 5.74) is 0.694. The van der Waals surface area contributed by atoms with Gasteiger partial charge in [0.05, 0.1) is 5.56 Å². The van der Waals surface area contributed by atoms with Crippen molar-refractivity contribution in [2.75, 3.05) is 13.1 Å². The molecule has 0 atom stereocenters. The van der Waals surface area contributed by atoms with Gasteiger partial charge in [-0.3, -0.25) is 4.79 Å². The monoisotopic (exact) mass is 394 g/mol. The molecule has 1 aliphatic rings. The second kappa shape index (κ2) is 7.32. The van der Waals surface area contributed by atoms with E-state index in [-0.39, 0.29) is 12.0 Å². The maximum Gasteiger partial charge on any atom is 0.255 e. The average Bonchev–Trinajstić information content (AvgIpc) is 2.57. The van der Waals surface area contributed by atoms with E-state index < -0.39 is 0 Å². The molecule has 0 radical (unpaired) electrons. The number of hydrogen-bond donors (Lipinski definition) is 0. The Balaban J connectivity index is 1.59. The lowest BCUT2D eigenvalue weighted by atomic mass is 10.1. The first-order valence-corrected chi connectivity index (χ1v) is 8.63. The van der Waals surface area contributed by atoms with Gasteiger partial charge in [-0.2, -0.15) is 0 Å². The maximum absolute atomic E-state index is 12.6. The lowest BCUT2D eigenvalue weighted by molar-refractivity contribution is 0.0587. The van der Waals surface area contributed by atoms with Crippen molar-refractivity contribution >= 4 is 33.4 Å². The van der Waals surface area contributed by atoms with Crippen molar-refractivity contribution in [2.24, 2.45) is 0 Å². The molecule has 0 saturated carbocycles. The van der Waals surface area contributed by atoms with Crippen molar-refractivity contribution in [3.05, 3.63) is 57.7 Å². The summed E-state index contributed by atoms with van der Waals surface area (Å²) >= 11 is 9.50. The third-order valence-electron chi connectivity index (χ3n) is 3.84. The number of carbonyl (C=O) groups is 1. The van der Waals surface area contributed by atoms with Gasteiger partial charge >= 0.3 is 0 Å². The Hall–Kier alpha value is -1.59. The Morgan fingerprint density at radius 1 is 1.22 bits per heavy atom. The van der Waals surface area contributed by atoms with E-state index in [4.69, 9.17) is 16.3 Å². The summed E-state index contributed by atoms with van der Waals surface area (Å²) < 4.78 is 6.68. The molecule has 1 saturated heterocycles. The smallest absolute Gasteiger partial charge is 0.255 e. The molecule has 0 bridgehead atoms. The molecule has 1 aromatic carbocycles. The van der Waals surface area contributed by atoms with E-state index in [1.165, 1.54) is 0 Å². The zero-order valence-corrected chi connectivity index (χ0v) is 14.8. The number of nitrogens with zero attached hydrogens (tertiary/aromatic N) is 2. The third-order valence-corrected chi connectivity index (χ3v) is 4.82. The highest BCUT2D eigenvalue weighted by molar-refractivity contribution is 9.10. The standard InChI is InChI=1S/C17H16BrClN2O2/c18-14-5-2-1-4-13(14)17(22)21-10-7-12(8-11-21)23-16-15(19)6-3-9-20-16/h1-6,9,12H,7-8,10-11H2. The molecule has 2 aromatic rings. The van der Waals surface area contributed by atoms with Crippen LogP contribution in [0.5, 0.6) is 5.88 Å². The first-order valence-electron chi connectivity index (χ1n) is 7.46. The first-order chi connectivity index (χ1) is 11.1. The molecule has 2 heterocycles. The Labute approximate surface area is 148 Å². The van der Waals surface area contributed by atoms with Gasteiger partial charge in [-0.15, -0.1) is 0 Å². The molecule has 0 N–H and O–H groups in total. The van der Waals surface area contributed by atoms with E-state index in [9.17, 15) is 4.79 Å². The summed E-state index contributed by atoms with van der Waals surface area (Å²) in [6.45, 7) is 1.32. The molecule has 0 aliphatic carbocycles. The summed E-state index contributed by atoms with van der Waals surface area (Å²) in [5.74, 6) is 0.511. The lowest BCUT2D eigenvalue weighted by Crippen LogP contribution is -2.42. The molecule has 1 fully saturated rings. The Kier molecular flexibility index (Phi) is 5.18. The van der Waals surface area contributed by atoms with Gasteiger partial charge in [0, 0.05) is 36.6 Å². The summed E-state index contributed by atoms with van der Waals surface area (Å²) in [6.07, 6.45) is 3.23. The average molecular weight is 396 g/mol. The van der Waals surface area contributed by atoms with E-state index in [0.29, 0.717) is 29.6 Å². The lowest BCUT2D eigenvalue weighted by Gasteiger charge is -2.32. The Bertz CT molecular complexity index is 702. The minimum atomic E-state index is 0.0330. The van der Waals surface area contributed by atoms with Gasteiger partial charge < -0.3 is 9.64 Å². The summed E-state index contributed by atoms with van der Waals surface area (Å²) in [7, 11) is 0. The quantitative estimate of drug-likeness (QED) is 0.783. The molecule has 1 amide bonds. The Morgan fingerprint density at radius 3 is 2.65 bits per heavy atom. The normalized spacial score (nSPS) is 15.5. The van der Waals surface area contributed by atoms with Crippen LogP contribution in [0.1, 0.15) is 23.2 Å². The number of pyridine rings is 1. The van der Waals surface area contributed by atoms with Crippen molar-refractivity contribution in [2.45, 2.75) is 18.9 Å². The van der Waals surface area contributed by atoms with Crippen LogP contribution in [0.4, 0.5) is 0 Å². The topological polar surface area (TPSA) is 42.4 Å². The minimum absolute atomic E-state index is 0.0330. The second-order valence-electron chi connectivity index (χ2n) is 5.38. The predicted octanol–water partition coefficient (Wildman–Crippen LogP) is 4.18. The van der Waals surface area contributed by atoms with Crippen molar-refractivity contribution in [3.63, 3.8) is 0 Å². The molecule has 120 valence electrons. The van der Waals surface area contributed by atoms with Crippen molar-refractivity contribution < 1.29 is 9.53 Å². The Morgan fingerprint density at radius 2 is 1.96 bits per heavy atom. The fourth-order valence-electron chi connectivity index (χ4n) is 2.60. The van der Waals surface area contributed by atoms with Gasteiger partial charge in [0.25, 0.3) is 5.91 Å².